The fraction of sp³-hybridized carbons (Fsp3) is 0.389. The predicted octanol–water partition coefficient (Wildman–Crippen LogP) is 3.41. The number of hydrogen-bond donors (Lipinski definition) is 1. The smallest absolute Gasteiger partial charge is 0.351 e. The van der Waals surface area contributed by atoms with E-state index in [0.717, 1.165) is 10.3 Å². The fourth-order valence-electron chi connectivity index (χ4n) is 2.26. The Labute approximate surface area is 155 Å². The molecule has 26 heavy (non-hydrogen) atoms. The van der Waals surface area contributed by atoms with Gasteiger partial charge in [-0.2, -0.15) is 0 Å². The molecule has 0 bridgehead atoms. The summed E-state index contributed by atoms with van der Waals surface area (Å²) in [6.07, 6.45) is 1.82. The molecule has 1 aromatic carbocycles. The molecule has 1 aromatic heterocycles. The Hall–Kier alpha value is -2.61. The number of benzene rings is 1. The largest absolute Gasteiger partial charge is 0.479 e. The molecular formula is C18H21NO6S. The highest BCUT2D eigenvalue weighted by Crippen LogP contribution is 2.39. The zero-order valence-electron chi connectivity index (χ0n) is 15.1. The first-order chi connectivity index (χ1) is 12.2. The number of rotatable bonds is 6. The average molecular weight is 379 g/mol. The van der Waals surface area contributed by atoms with Gasteiger partial charge in [-0.05, 0) is 38.5 Å². The van der Waals surface area contributed by atoms with Crippen LogP contribution in [0.1, 0.15) is 36.0 Å². The Bertz CT molecular complexity index is 834. The van der Waals surface area contributed by atoms with E-state index < -0.39 is 17.5 Å². The van der Waals surface area contributed by atoms with Crippen LogP contribution in [-0.4, -0.2) is 42.7 Å². The highest BCUT2D eigenvalue weighted by molar-refractivity contribution is 7.21. The predicted molar refractivity (Wildman–Crippen MR) is 98.5 cm³/mol. The van der Waals surface area contributed by atoms with Crippen LogP contribution in [0.3, 0.4) is 0 Å². The molecule has 0 amide bonds. The van der Waals surface area contributed by atoms with Gasteiger partial charge >= 0.3 is 11.9 Å². The topological polar surface area (TPSA) is 94.4 Å². The first-order valence-electron chi connectivity index (χ1n) is 7.89. The van der Waals surface area contributed by atoms with E-state index >= 15 is 0 Å². The Morgan fingerprint density at radius 1 is 1.31 bits per heavy atom. The third-order valence-electron chi connectivity index (χ3n) is 3.24. The summed E-state index contributed by atoms with van der Waals surface area (Å²) in [4.78, 5) is 24.3. The summed E-state index contributed by atoms with van der Waals surface area (Å²) in [5.41, 5.74) is 0.289. The quantitative estimate of drug-likeness (QED) is 0.358. The van der Waals surface area contributed by atoms with E-state index in [0.29, 0.717) is 17.6 Å². The number of carbonyl (C=O) groups is 2. The van der Waals surface area contributed by atoms with Gasteiger partial charge in [0.05, 0.1) is 7.11 Å². The summed E-state index contributed by atoms with van der Waals surface area (Å²) in [7, 11) is 1.29. The second-order valence-electron chi connectivity index (χ2n) is 6.46. The Kier molecular flexibility index (Phi) is 6.20. The van der Waals surface area contributed by atoms with Crippen molar-refractivity contribution in [2.45, 2.75) is 32.8 Å². The minimum Gasteiger partial charge on any atom is -0.479 e. The summed E-state index contributed by atoms with van der Waals surface area (Å²) < 4.78 is 16.4. The minimum atomic E-state index is -0.620. The van der Waals surface area contributed by atoms with Crippen LogP contribution < -0.4 is 4.74 Å². The molecule has 1 heterocycles. The average Bonchev–Trinajstić information content (AvgIpc) is 2.93. The maximum atomic E-state index is 12.1. The molecule has 1 N–H and O–H groups in total. The highest BCUT2D eigenvalue weighted by atomic mass is 32.1. The summed E-state index contributed by atoms with van der Waals surface area (Å²) in [6, 6.07) is 5.50. The van der Waals surface area contributed by atoms with Crippen LogP contribution in [-0.2, 0) is 20.7 Å². The van der Waals surface area contributed by atoms with E-state index in [1.165, 1.54) is 24.7 Å². The van der Waals surface area contributed by atoms with E-state index in [4.69, 9.17) is 19.4 Å². The second-order valence-corrected chi connectivity index (χ2v) is 7.51. The van der Waals surface area contributed by atoms with Crippen LogP contribution in [0.25, 0.3) is 10.1 Å². The Morgan fingerprint density at radius 3 is 2.65 bits per heavy atom. The lowest BCUT2D eigenvalue weighted by Crippen LogP contribution is -2.27. The van der Waals surface area contributed by atoms with Crippen molar-refractivity contribution >= 4 is 39.6 Å². The summed E-state index contributed by atoms with van der Waals surface area (Å²) >= 11 is 1.21. The number of oxime groups is 1. The lowest BCUT2D eigenvalue weighted by Gasteiger charge is -2.19. The highest BCUT2D eigenvalue weighted by Gasteiger charge is 2.23. The van der Waals surface area contributed by atoms with Crippen LogP contribution in [0.4, 0.5) is 0 Å². The molecule has 0 saturated carbocycles. The monoisotopic (exact) mass is 379 g/mol. The van der Waals surface area contributed by atoms with Gasteiger partial charge in [-0.1, -0.05) is 6.07 Å². The molecule has 0 spiro atoms. The minimum absolute atomic E-state index is 0.277. The van der Waals surface area contributed by atoms with E-state index in [2.05, 4.69) is 5.16 Å². The van der Waals surface area contributed by atoms with Crippen molar-refractivity contribution in [1.82, 2.24) is 0 Å². The van der Waals surface area contributed by atoms with E-state index in [1.54, 1.807) is 26.8 Å². The van der Waals surface area contributed by atoms with Crippen molar-refractivity contribution in [2.24, 2.45) is 5.16 Å². The summed E-state index contributed by atoms with van der Waals surface area (Å²) in [5, 5.41) is 12.2. The number of methoxy groups -OCH3 is 1. The van der Waals surface area contributed by atoms with Crippen molar-refractivity contribution in [2.75, 3.05) is 13.7 Å². The van der Waals surface area contributed by atoms with Gasteiger partial charge in [0, 0.05) is 22.7 Å². The summed E-state index contributed by atoms with van der Waals surface area (Å²) in [6.45, 7) is 4.98. The maximum Gasteiger partial charge on any atom is 0.351 e. The van der Waals surface area contributed by atoms with E-state index in [1.807, 2.05) is 12.1 Å². The molecule has 0 aliphatic carbocycles. The maximum absolute atomic E-state index is 12.1. The first kappa shape index (κ1) is 19.7. The van der Waals surface area contributed by atoms with E-state index in [-0.39, 0.29) is 11.5 Å². The molecule has 2 aromatic rings. The number of carbonyl (C=O) groups excluding carboxylic acids is 2. The molecular weight excluding hydrogens is 358 g/mol. The fourth-order valence-corrected chi connectivity index (χ4v) is 3.39. The number of thiophene rings is 1. The van der Waals surface area contributed by atoms with Gasteiger partial charge in [-0.3, -0.25) is 0 Å². The van der Waals surface area contributed by atoms with Crippen molar-refractivity contribution in [1.29, 1.82) is 0 Å². The molecule has 0 unspecified atom stereocenters. The zero-order valence-corrected chi connectivity index (χ0v) is 15.9. The van der Waals surface area contributed by atoms with Gasteiger partial charge in [-0.15, -0.1) is 16.5 Å². The molecule has 0 atom stereocenters. The number of ether oxygens (including phenoxy) is 3. The summed E-state index contributed by atoms with van der Waals surface area (Å²) in [5.74, 6) is -0.766. The van der Waals surface area contributed by atoms with Gasteiger partial charge in [0.15, 0.2) is 17.2 Å². The SMILES string of the molecule is COC(=O)c1sc2cc(CC=NO)ccc2c1OCC(=O)OC(C)(C)C. The molecule has 0 saturated heterocycles. The van der Waals surface area contributed by atoms with Crippen LogP contribution in [0.2, 0.25) is 0 Å². The Balaban J connectivity index is 2.32. The van der Waals surface area contributed by atoms with Crippen LogP contribution in [0.15, 0.2) is 23.4 Å². The van der Waals surface area contributed by atoms with Crippen molar-refractivity contribution in [3.8, 4) is 5.75 Å². The van der Waals surface area contributed by atoms with Gasteiger partial charge in [-0.25, -0.2) is 9.59 Å². The molecule has 0 radical (unpaired) electrons. The number of fused-ring (bicyclic) bond motifs is 1. The van der Waals surface area contributed by atoms with Gasteiger partial charge in [0.25, 0.3) is 0 Å². The van der Waals surface area contributed by atoms with Crippen LogP contribution in [0.5, 0.6) is 5.75 Å². The molecule has 7 nitrogen and oxygen atoms in total. The normalized spacial score (nSPS) is 11.7. The third kappa shape index (κ3) is 4.95. The third-order valence-corrected chi connectivity index (χ3v) is 4.36. The molecule has 0 aliphatic rings. The van der Waals surface area contributed by atoms with Crippen molar-refractivity contribution in [3.63, 3.8) is 0 Å². The number of nitrogens with zero attached hydrogens (tertiary/aromatic N) is 1. The molecule has 0 fully saturated rings. The Morgan fingerprint density at radius 2 is 2.04 bits per heavy atom. The van der Waals surface area contributed by atoms with Gasteiger partial charge in [0.1, 0.15) is 5.60 Å². The van der Waals surface area contributed by atoms with Crippen LogP contribution in [0, 0.1) is 0 Å². The molecule has 2 rings (SSSR count). The number of esters is 2. The van der Waals surface area contributed by atoms with E-state index in [9.17, 15) is 9.59 Å². The lowest BCUT2D eigenvalue weighted by atomic mass is 10.1. The standard InChI is InChI=1S/C18H21NO6S/c1-18(2,3)25-14(20)10-24-15-12-6-5-11(7-8-19-22)9-13(12)26-16(15)17(21)23-4/h5-6,8-9,22H,7,10H2,1-4H3. The molecule has 0 aliphatic heterocycles. The second kappa shape index (κ2) is 8.18. The lowest BCUT2D eigenvalue weighted by molar-refractivity contribution is -0.157. The van der Waals surface area contributed by atoms with Crippen molar-refractivity contribution in [3.05, 3.63) is 28.6 Å². The molecule has 140 valence electrons. The first-order valence-corrected chi connectivity index (χ1v) is 8.71. The zero-order chi connectivity index (χ0) is 19.3. The van der Waals surface area contributed by atoms with Crippen LogP contribution >= 0.6 is 11.3 Å². The molecule has 8 heteroatoms. The van der Waals surface area contributed by atoms with Gasteiger partial charge < -0.3 is 19.4 Å². The van der Waals surface area contributed by atoms with Crippen molar-refractivity contribution < 1.29 is 29.0 Å². The number of hydrogen-bond acceptors (Lipinski definition) is 8. The van der Waals surface area contributed by atoms with Gasteiger partial charge in [0.2, 0.25) is 0 Å².